The van der Waals surface area contributed by atoms with E-state index >= 15 is 0 Å². The van der Waals surface area contributed by atoms with Crippen LogP contribution in [0.3, 0.4) is 0 Å². The van der Waals surface area contributed by atoms with Crippen molar-refractivity contribution in [3.8, 4) is 0 Å². The Balaban J connectivity index is 1.85. The minimum absolute atomic E-state index is 0.0397. The first kappa shape index (κ1) is 19.1. The second-order valence-corrected chi connectivity index (χ2v) is 7.72. The van der Waals surface area contributed by atoms with Crippen LogP contribution in [0.15, 0.2) is 39.9 Å². The molecule has 0 saturated carbocycles. The first-order valence-electron chi connectivity index (χ1n) is 9.97. The van der Waals surface area contributed by atoms with Crippen molar-refractivity contribution in [2.75, 3.05) is 0 Å². The smallest absolute Gasteiger partial charge is 0.329 e. The third kappa shape index (κ3) is 3.26. The molecule has 0 fully saturated rings. The zero-order valence-corrected chi connectivity index (χ0v) is 16.8. The topological polar surface area (TPSA) is 96.9 Å². The number of carbonyl (C=O) groups is 1. The van der Waals surface area contributed by atoms with Crippen LogP contribution in [0.4, 0.5) is 0 Å². The van der Waals surface area contributed by atoms with E-state index in [0.29, 0.717) is 12.2 Å². The van der Waals surface area contributed by atoms with Gasteiger partial charge in [-0.2, -0.15) is 0 Å². The van der Waals surface area contributed by atoms with Crippen molar-refractivity contribution < 1.29 is 4.79 Å². The van der Waals surface area contributed by atoms with Crippen molar-refractivity contribution in [1.82, 2.24) is 19.9 Å². The monoisotopic (exact) mass is 392 g/mol. The molecule has 1 aromatic carbocycles. The van der Waals surface area contributed by atoms with Crippen LogP contribution in [0.1, 0.15) is 66.3 Å². The van der Waals surface area contributed by atoms with Crippen LogP contribution >= 0.6 is 0 Å². The summed E-state index contributed by atoms with van der Waals surface area (Å²) in [6.07, 6.45) is 1.73. The molecule has 7 nitrogen and oxygen atoms in total. The van der Waals surface area contributed by atoms with E-state index in [1.807, 2.05) is 32.0 Å². The number of aromatic nitrogens is 3. The van der Waals surface area contributed by atoms with Crippen LogP contribution in [-0.4, -0.2) is 20.4 Å². The Hall–Kier alpha value is -3.22. The summed E-state index contributed by atoms with van der Waals surface area (Å²) in [5.41, 5.74) is 2.42. The van der Waals surface area contributed by atoms with Gasteiger partial charge in [-0.25, -0.2) is 9.78 Å². The minimum Gasteiger partial charge on any atom is -0.345 e. The number of nitrogens with one attached hydrogen (secondary N) is 2. The average Bonchev–Trinajstić information content (AvgIpc) is 3.10. The number of benzene rings is 1. The van der Waals surface area contributed by atoms with Gasteiger partial charge in [-0.1, -0.05) is 38.1 Å². The van der Waals surface area contributed by atoms with E-state index in [-0.39, 0.29) is 34.5 Å². The Morgan fingerprint density at radius 2 is 2.07 bits per heavy atom. The first-order chi connectivity index (χ1) is 13.9. The van der Waals surface area contributed by atoms with Crippen LogP contribution in [-0.2, 0) is 13.0 Å². The number of nitrogens with zero attached hydrogens (tertiary/aromatic N) is 2. The van der Waals surface area contributed by atoms with Gasteiger partial charge in [0.1, 0.15) is 0 Å². The van der Waals surface area contributed by atoms with Gasteiger partial charge >= 0.3 is 5.69 Å². The van der Waals surface area contributed by atoms with Gasteiger partial charge in [0.2, 0.25) is 0 Å². The lowest BCUT2D eigenvalue weighted by Crippen LogP contribution is -2.34. The van der Waals surface area contributed by atoms with Crippen molar-refractivity contribution >= 4 is 16.9 Å². The third-order valence-corrected chi connectivity index (χ3v) is 5.56. The standard InChI is InChI=1S/C22H24N4O3/c1-4-26-19-18(21(28)25-22(26)29)15(11-17(23-19)12(2)3)20(27)24-16-10-9-13-7-5-6-8-14(13)16/h5-8,11-12,16H,4,9-10H2,1-3H3,(H,24,27)(H,25,28,29). The molecule has 0 bridgehead atoms. The van der Waals surface area contributed by atoms with Crippen LogP contribution in [0.5, 0.6) is 0 Å². The highest BCUT2D eigenvalue weighted by Crippen LogP contribution is 2.31. The zero-order chi connectivity index (χ0) is 20.7. The zero-order valence-electron chi connectivity index (χ0n) is 16.8. The number of fused-ring (bicyclic) bond motifs is 2. The Labute approximate surface area is 167 Å². The Kier molecular flexibility index (Phi) is 4.82. The summed E-state index contributed by atoms with van der Waals surface area (Å²) < 4.78 is 1.39. The van der Waals surface area contributed by atoms with E-state index < -0.39 is 11.2 Å². The number of rotatable bonds is 4. The van der Waals surface area contributed by atoms with Gasteiger partial charge in [-0.15, -0.1) is 0 Å². The SMILES string of the molecule is CCn1c(=O)[nH]c(=O)c2c(C(=O)NC3CCc4ccccc43)cc(C(C)C)nc21. The molecular formula is C22H24N4O3. The van der Waals surface area contributed by atoms with E-state index in [0.717, 1.165) is 18.4 Å². The molecule has 29 heavy (non-hydrogen) atoms. The summed E-state index contributed by atoms with van der Waals surface area (Å²) in [5, 5.41) is 3.23. The average molecular weight is 392 g/mol. The quantitative estimate of drug-likeness (QED) is 0.713. The second-order valence-electron chi connectivity index (χ2n) is 7.72. The van der Waals surface area contributed by atoms with Crippen LogP contribution in [0.2, 0.25) is 0 Å². The molecule has 1 aliphatic carbocycles. The largest absolute Gasteiger partial charge is 0.345 e. The molecule has 0 saturated heterocycles. The molecule has 1 aliphatic rings. The number of hydrogen-bond acceptors (Lipinski definition) is 4. The maximum absolute atomic E-state index is 13.3. The molecule has 2 N–H and O–H groups in total. The van der Waals surface area contributed by atoms with Gasteiger partial charge in [-0.3, -0.25) is 19.1 Å². The molecule has 150 valence electrons. The lowest BCUT2D eigenvalue weighted by Gasteiger charge is -2.17. The minimum atomic E-state index is -0.588. The summed E-state index contributed by atoms with van der Waals surface area (Å²) in [4.78, 5) is 45.0. The number of hydrogen-bond donors (Lipinski definition) is 2. The lowest BCUT2D eigenvalue weighted by atomic mass is 10.0. The van der Waals surface area contributed by atoms with Crippen molar-refractivity contribution in [3.63, 3.8) is 0 Å². The predicted molar refractivity (Wildman–Crippen MR) is 111 cm³/mol. The molecule has 0 aliphatic heterocycles. The number of amides is 1. The highest BCUT2D eigenvalue weighted by Gasteiger charge is 2.26. The Bertz CT molecular complexity index is 1220. The summed E-state index contributed by atoms with van der Waals surface area (Å²) in [5.74, 6) is -0.286. The summed E-state index contributed by atoms with van der Waals surface area (Å²) in [6.45, 7) is 6.07. The molecule has 7 heteroatoms. The predicted octanol–water partition coefficient (Wildman–Crippen LogP) is 2.65. The number of aromatic amines is 1. The molecule has 1 unspecified atom stereocenters. The van der Waals surface area contributed by atoms with Gasteiger partial charge < -0.3 is 5.32 Å². The second kappa shape index (κ2) is 7.31. The first-order valence-corrected chi connectivity index (χ1v) is 9.97. The normalized spacial score (nSPS) is 15.7. The van der Waals surface area contributed by atoms with E-state index in [9.17, 15) is 14.4 Å². The molecule has 1 atom stereocenters. The molecule has 0 radical (unpaired) electrons. The summed E-state index contributed by atoms with van der Waals surface area (Å²) in [6, 6.07) is 9.64. The number of H-pyrrole nitrogens is 1. The number of carbonyl (C=O) groups excluding carboxylic acids is 1. The molecule has 4 rings (SSSR count). The van der Waals surface area contributed by atoms with Gasteiger partial charge in [0.05, 0.1) is 17.0 Å². The molecular weight excluding hydrogens is 368 g/mol. The van der Waals surface area contributed by atoms with Crippen LogP contribution < -0.4 is 16.6 Å². The van der Waals surface area contributed by atoms with Gasteiger partial charge in [-0.05, 0) is 42.9 Å². The molecule has 2 heterocycles. The van der Waals surface area contributed by atoms with Crippen LogP contribution in [0, 0.1) is 0 Å². The molecule has 3 aromatic rings. The number of pyridine rings is 1. The molecule has 1 amide bonds. The highest BCUT2D eigenvalue weighted by molar-refractivity contribution is 6.05. The van der Waals surface area contributed by atoms with E-state index in [4.69, 9.17) is 0 Å². The fourth-order valence-electron chi connectivity index (χ4n) is 4.00. The van der Waals surface area contributed by atoms with Gasteiger partial charge in [0.15, 0.2) is 5.65 Å². The Morgan fingerprint density at radius 3 is 2.79 bits per heavy atom. The molecule has 2 aromatic heterocycles. The fourth-order valence-corrected chi connectivity index (χ4v) is 4.00. The Morgan fingerprint density at radius 1 is 1.31 bits per heavy atom. The third-order valence-electron chi connectivity index (χ3n) is 5.56. The number of aryl methyl sites for hydroxylation is 2. The van der Waals surface area contributed by atoms with Crippen LogP contribution in [0.25, 0.3) is 11.0 Å². The molecule has 0 spiro atoms. The van der Waals surface area contributed by atoms with Crippen molar-refractivity contribution in [3.05, 3.63) is 73.6 Å². The summed E-state index contributed by atoms with van der Waals surface area (Å²) >= 11 is 0. The van der Waals surface area contributed by atoms with E-state index in [2.05, 4.69) is 21.4 Å². The van der Waals surface area contributed by atoms with Crippen molar-refractivity contribution in [2.45, 2.75) is 52.1 Å². The van der Waals surface area contributed by atoms with E-state index in [1.54, 1.807) is 13.0 Å². The highest BCUT2D eigenvalue weighted by atomic mass is 16.2. The van der Waals surface area contributed by atoms with Crippen molar-refractivity contribution in [1.29, 1.82) is 0 Å². The maximum Gasteiger partial charge on any atom is 0.329 e. The summed E-state index contributed by atoms with van der Waals surface area (Å²) in [7, 11) is 0. The van der Waals surface area contributed by atoms with E-state index in [1.165, 1.54) is 10.1 Å². The van der Waals surface area contributed by atoms with Crippen molar-refractivity contribution in [2.24, 2.45) is 0 Å². The fraction of sp³-hybridized carbons (Fsp3) is 0.364. The van der Waals surface area contributed by atoms with Gasteiger partial charge in [0.25, 0.3) is 11.5 Å². The lowest BCUT2D eigenvalue weighted by molar-refractivity contribution is 0.0938. The van der Waals surface area contributed by atoms with Gasteiger partial charge in [0, 0.05) is 12.2 Å². The maximum atomic E-state index is 13.3.